The maximum atomic E-state index is 13.8. The summed E-state index contributed by atoms with van der Waals surface area (Å²) in [7, 11) is 0. The lowest BCUT2D eigenvalue weighted by Crippen LogP contribution is -2.01. The molecular weight excluding hydrogens is 310 g/mol. The minimum Gasteiger partial charge on any atom is -0.494 e. The van der Waals surface area contributed by atoms with Gasteiger partial charge >= 0.3 is 0 Å². The average Bonchev–Trinajstić information content (AvgIpc) is 2.49. The predicted octanol–water partition coefficient (Wildman–Crippen LogP) is 5.79. The highest BCUT2D eigenvalue weighted by Crippen LogP contribution is 2.31. The zero-order valence-electron chi connectivity index (χ0n) is 11.8. The van der Waals surface area contributed by atoms with E-state index < -0.39 is 0 Å². The normalized spacial score (nSPS) is 12.2. The fourth-order valence-electron chi connectivity index (χ4n) is 2.04. The van der Waals surface area contributed by atoms with Crippen LogP contribution in [0.5, 0.6) is 5.75 Å². The van der Waals surface area contributed by atoms with Gasteiger partial charge < -0.3 is 4.74 Å². The highest BCUT2D eigenvalue weighted by atomic mass is 35.5. The molecule has 0 spiro atoms. The third-order valence-corrected chi connectivity index (χ3v) is 3.90. The minimum absolute atomic E-state index is 0.327. The number of ether oxygens (including phenoxy) is 1. The van der Waals surface area contributed by atoms with Gasteiger partial charge in [-0.2, -0.15) is 0 Å². The molecule has 0 N–H and O–H groups in total. The third kappa shape index (κ3) is 4.36. The third-order valence-electron chi connectivity index (χ3n) is 3.14. The van der Waals surface area contributed by atoms with Crippen LogP contribution in [0.3, 0.4) is 0 Å². The minimum atomic E-state index is -0.357. The van der Waals surface area contributed by atoms with Crippen molar-refractivity contribution in [3.63, 3.8) is 0 Å². The summed E-state index contributed by atoms with van der Waals surface area (Å²) in [5.41, 5.74) is 1.34. The van der Waals surface area contributed by atoms with E-state index in [0.717, 1.165) is 17.7 Å². The first-order chi connectivity index (χ1) is 10.1. The molecule has 2 rings (SSSR count). The van der Waals surface area contributed by atoms with Crippen molar-refractivity contribution in [1.82, 2.24) is 0 Å². The van der Waals surface area contributed by atoms with Crippen LogP contribution in [0, 0.1) is 5.82 Å². The van der Waals surface area contributed by atoms with Crippen LogP contribution in [-0.2, 0) is 6.42 Å². The van der Waals surface area contributed by atoms with Crippen molar-refractivity contribution in [3.8, 4) is 5.75 Å². The summed E-state index contributed by atoms with van der Waals surface area (Å²) in [5, 5.41) is 0.0450. The van der Waals surface area contributed by atoms with Crippen molar-refractivity contribution in [1.29, 1.82) is 0 Å². The van der Waals surface area contributed by atoms with Gasteiger partial charge in [0.05, 0.1) is 12.0 Å². The fraction of sp³-hybridized carbons (Fsp3) is 0.294. The standard InChI is InChI=1S/C17H17Cl2FO/c1-2-9-21-13-6-3-5-12(10-13)16(19)11-14-15(18)7-4-8-17(14)20/h3-8,10,16H,2,9,11H2,1H3. The lowest BCUT2D eigenvalue weighted by molar-refractivity contribution is 0.317. The molecule has 2 aromatic carbocycles. The fourth-order valence-corrected chi connectivity index (χ4v) is 2.57. The van der Waals surface area contributed by atoms with Crippen molar-refractivity contribution in [3.05, 3.63) is 64.4 Å². The lowest BCUT2D eigenvalue weighted by atomic mass is 10.0. The van der Waals surface area contributed by atoms with Gasteiger partial charge in [0.2, 0.25) is 0 Å². The van der Waals surface area contributed by atoms with Gasteiger partial charge in [-0.05, 0) is 42.7 Å². The van der Waals surface area contributed by atoms with Crippen LogP contribution in [-0.4, -0.2) is 6.61 Å². The Bertz CT molecular complexity index is 581. The van der Waals surface area contributed by atoms with Crippen molar-refractivity contribution in [2.75, 3.05) is 6.61 Å². The molecule has 0 aliphatic heterocycles. The van der Waals surface area contributed by atoms with E-state index in [-0.39, 0.29) is 11.2 Å². The number of hydrogen-bond donors (Lipinski definition) is 0. The molecule has 1 unspecified atom stereocenters. The second kappa shape index (κ2) is 7.67. The van der Waals surface area contributed by atoms with Gasteiger partial charge in [0.15, 0.2) is 0 Å². The Morgan fingerprint density at radius 1 is 1.19 bits per heavy atom. The monoisotopic (exact) mass is 326 g/mol. The maximum Gasteiger partial charge on any atom is 0.127 e. The number of benzene rings is 2. The molecule has 0 heterocycles. The summed E-state index contributed by atoms with van der Waals surface area (Å²) in [6.07, 6.45) is 1.28. The van der Waals surface area contributed by atoms with E-state index in [4.69, 9.17) is 27.9 Å². The zero-order chi connectivity index (χ0) is 15.2. The van der Waals surface area contributed by atoms with E-state index >= 15 is 0 Å². The molecule has 21 heavy (non-hydrogen) atoms. The lowest BCUT2D eigenvalue weighted by Gasteiger charge is -2.13. The van der Waals surface area contributed by atoms with E-state index in [1.165, 1.54) is 6.07 Å². The summed E-state index contributed by atoms with van der Waals surface area (Å²) < 4.78 is 19.4. The Morgan fingerprint density at radius 2 is 1.95 bits per heavy atom. The molecule has 0 fully saturated rings. The Hall–Kier alpha value is -1.25. The van der Waals surface area contributed by atoms with E-state index in [0.29, 0.717) is 23.6 Å². The summed E-state index contributed by atoms with van der Waals surface area (Å²) >= 11 is 12.4. The second-order valence-electron chi connectivity index (χ2n) is 4.79. The van der Waals surface area contributed by atoms with Crippen LogP contribution >= 0.6 is 23.2 Å². The molecule has 0 aliphatic rings. The van der Waals surface area contributed by atoms with Crippen LogP contribution in [0.4, 0.5) is 4.39 Å². The first-order valence-electron chi connectivity index (χ1n) is 6.91. The largest absolute Gasteiger partial charge is 0.494 e. The zero-order valence-corrected chi connectivity index (χ0v) is 13.3. The molecular formula is C17H17Cl2FO. The number of alkyl halides is 1. The molecule has 1 atom stereocenters. The van der Waals surface area contributed by atoms with E-state index in [1.54, 1.807) is 12.1 Å². The second-order valence-corrected chi connectivity index (χ2v) is 5.73. The molecule has 0 saturated heterocycles. The summed E-state index contributed by atoms with van der Waals surface area (Å²) in [4.78, 5) is 0. The average molecular weight is 327 g/mol. The molecule has 0 aliphatic carbocycles. The van der Waals surface area contributed by atoms with Gasteiger partial charge in [0, 0.05) is 10.6 Å². The number of rotatable bonds is 6. The summed E-state index contributed by atoms with van der Waals surface area (Å²) in [6.45, 7) is 2.71. The number of hydrogen-bond acceptors (Lipinski definition) is 1. The molecule has 0 saturated carbocycles. The first-order valence-corrected chi connectivity index (χ1v) is 7.73. The van der Waals surface area contributed by atoms with Gasteiger partial charge in [-0.1, -0.05) is 36.7 Å². The van der Waals surface area contributed by atoms with Crippen LogP contribution in [0.25, 0.3) is 0 Å². The van der Waals surface area contributed by atoms with Gasteiger partial charge in [0.1, 0.15) is 11.6 Å². The van der Waals surface area contributed by atoms with Crippen molar-refractivity contribution >= 4 is 23.2 Å². The van der Waals surface area contributed by atoms with Crippen LogP contribution in [0.15, 0.2) is 42.5 Å². The van der Waals surface area contributed by atoms with E-state index in [9.17, 15) is 4.39 Å². The summed E-state index contributed by atoms with van der Waals surface area (Å²) in [5.74, 6) is 0.450. The Labute approximate surface area is 134 Å². The van der Waals surface area contributed by atoms with Gasteiger partial charge in [-0.3, -0.25) is 0 Å². The highest BCUT2D eigenvalue weighted by molar-refractivity contribution is 6.31. The van der Waals surface area contributed by atoms with E-state index in [1.807, 2.05) is 31.2 Å². The van der Waals surface area contributed by atoms with Gasteiger partial charge in [0.25, 0.3) is 0 Å². The molecule has 0 amide bonds. The van der Waals surface area contributed by atoms with Crippen molar-refractivity contribution < 1.29 is 9.13 Å². The van der Waals surface area contributed by atoms with Crippen LogP contribution < -0.4 is 4.74 Å². The predicted molar refractivity (Wildman–Crippen MR) is 85.9 cm³/mol. The first kappa shape index (κ1) is 16.1. The van der Waals surface area contributed by atoms with Crippen molar-refractivity contribution in [2.45, 2.75) is 25.1 Å². The topological polar surface area (TPSA) is 9.23 Å². The van der Waals surface area contributed by atoms with Crippen LogP contribution in [0.2, 0.25) is 5.02 Å². The van der Waals surface area contributed by atoms with Gasteiger partial charge in [-0.25, -0.2) is 4.39 Å². The summed E-state index contributed by atoms with van der Waals surface area (Å²) in [6, 6.07) is 12.2. The Morgan fingerprint density at radius 3 is 2.67 bits per heavy atom. The quantitative estimate of drug-likeness (QED) is 0.610. The molecule has 4 heteroatoms. The maximum absolute atomic E-state index is 13.8. The smallest absolute Gasteiger partial charge is 0.127 e. The molecule has 112 valence electrons. The Balaban J connectivity index is 2.14. The highest BCUT2D eigenvalue weighted by Gasteiger charge is 2.15. The van der Waals surface area contributed by atoms with Crippen molar-refractivity contribution in [2.24, 2.45) is 0 Å². The van der Waals surface area contributed by atoms with Crippen LogP contribution in [0.1, 0.15) is 29.8 Å². The molecule has 0 radical (unpaired) electrons. The number of halogens is 3. The molecule has 2 aromatic rings. The SMILES string of the molecule is CCCOc1cccc(C(Cl)Cc2c(F)cccc2Cl)c1. The molecule has 1 nitrogen and oxygen atoms in total. The van der Waals surface area contributed by atoms with Gasteiger partial charge in [-0.15, -0.1) is 11.6 Å². The molecule has 0 bridgehead atoms. The Kier molecular flexibility index (Phi) is 5.89. The molecule has 0 aromatic heterocycles. The van der Waals surface area contributed by atoms with E-state index in [2.05, 4.69) is 0 Å².